The number of ether oxygens (including phenoxy) is 1. The van der Waals surface area contributed by atoms with Gasteiger partial charge in [0.05, 0.1) is 24.7 Å². The van der Waals surface area contributed by atoms with Gasteiger partial charge in [0, 0.05) is 19.2 Å². The third-order valence-electron chi connectivity index (χ3n) is 3.86. The van der Waals surface area contributed by atoms with E-state index in [1.54, 1.807) is 24.3 Å². The summed E-state index contributed by atoms with van der Waals surface area (Å²) in [6, 6.07) is 6.74. The number of methoxy groups -OCH3 is 1. The SMILES string of the molecule is CCN(CC)c1cc(NS(C)(=O)=O)c(/N=N/c2nc(C#N)c(C#N)[nH]2)cc1OC. The number of hydrogen-bond acceptors (Lipinski definition) is 9. The summed E-state index contributed by atoms with van der Waals surface area (Å²) in [7, 11) is -2.09. The lowest BCUT2D eigenvalue weighted by atomic mass is 10.2. The number of imidazole rings is 1. The first-order chi connectivity index (χ1) is 13.8. The number of hydrogen-bond donors (Lipinski definition) is 2. The molecule has 0 unspecified atom stereocenters. The summed E-state index contributed by atoms with van der Waals surface area (Å²) >= 11 is 0. The number of azo groups is 1. The van der Waals surface area contributed by atoms with Gasteiger partial charge in [0.25, 0.3) is 0 Å². The lowest BCUT2D eigenvalue weighted by Gasteiger charge is -2.24. The molecule has 0 aliphatic rings. The Bertz CT molecular complexity index is 1070. The maximum Gasteiger partial charge on any atom is 0.249 e. The molecular formula is C17H20N8O3S. The molecule has 0 radical (unpaired) electrons. The van der Waals surface area contributed by atoms with E-state index in [9.17, 15) is 8.42 Å². The van der Waals surface area contributed by atoms with Crippen LogP contribution in [-0.4, -0.2) is 44.8 Å². The van der Waals surface area contributed by atoms with Crippen LogP contribution in [0.4, 0.5) is 23.0 Å². The number of aromatic amines is 1. The first-order valence-electron chi connectivity index (χ1n) is 8.52. The number of aromatic nitrogens is 2. The summed E-state index contributed by atoms with van der Waals surface area (Å²) in [5, 5.41) is 25.9. The Morgan fingerprint density at radius 2 is 1.93 bits per heavy atom. The summed E-state index contributed by atoms with van der Waals surface area (Å²) in [5.74, 6) is 0.423. The lowest BCUT2D eigenvalue weighted by Crippen LogP contribution is -2.22. The molecule has 29 heavy (non-hydrogen) atoms. The predicted molar refractivity (Wildman–Crippen MR) is 107 cm³/mol. The minimum atomic E-state index is -3.59. The van der Waals surface area contributed by atoms with Crippen LogP contribution in [0.25, 0.3) is 0 Å². The fourth-order valence-electron chi connectivity index (χ4n) is 2.57. The molecule has 2 aromatic rings. The molecule has 2 rings (SSSR count). The van der Waals surface area contributed by atoms with Crippen LogP contribution in [-0.2, 0) is 10.0 Å². The van der Waals surface area contributed by atoms with Crippen molar-refractivity contribution in [2.45, 2.75) is 13.8 Å². The lowest BCUT2D eigenvalue weighted by molar-refractivity contribution is 0.414. The van der Waals surface area contributed by atoms with E-state index >= 15 is 0 Å². The molecule has 11 nitrogen and oxygen atoms in total. The van der Waals surface area contributed by atoms with E-state index in [0.29, 0.717) is 24.5 Å². The first-order valence-corrected chi connectivity index (χ1v) is 10.4. The Hall–Kier alpha value is -3.64. The molecule has 0 bridgehead atoms. The Kier molecular flexibility index (Phi) is 6.75. The average molecular weight is 416 g/mol. The van der Waals surface area contributed by atoms with Gasteiger partial charge in [-0.1, -0.05) is 0 Å². The van der Waals surface area contributed by atoms with Crippen molar-refractivity contribution in [1.82, 2.24) is 9.97 Å². The molecular weight excluding hydrogens is 396 g/mol. The Morgan fingerprint density at radius 1 is 1.24 bits per heavy atom. The molecule has 0 amide bonds. The predicted octanol–water partition coefficient (Wildman–Crippen LogP) is 2.79. The monoisotopic (exact) mass is 416 g/mol. The van der Waals surface area contributed by atoms with E-state index in [1.165, 1.54) is 7.11 Å². The van der Waals surface area contributed by atoms with Crippen molar-refractivity contribution in [3.63, 3.8) is 0 Å². The van der Waals surface area contributed by atoms with Crippen LogP contribution in [0.15, 0.2) is 22.4 Å². The molecule has 152 valence electrons. The second-order valence-electron chi connectivity index (χ2n) is 5.80. The van der Waals surface area contributed by atoms with Gasteiger partial charge >= 0.3 is 0 Å². The molecule has 12 heteroatoms. The minimum absolute atomic E-state index is 0.0367. The van der Waals surface area contributed by atoms with E-state index in [1.807, 2.05) is 18.7 Å². The normalized spacial score (nSPS) is 11.1. The minimum Gasteiger partial charge on any atom is -0.494 e. The summed E-state index contributed by atoms with van der Waals surface area (Å²) in [4.78, 5) is 8.42. The number of nitriles is 2. The largest absolute Gasteiger partial charge is 0.494 e. The number of rotatable bonds is 8. The molecule has 1 aromatic carbocycles. The second kappa shape index (κ2) is 9.03. The fourth-order valence-corrected chi connectivity index (χ4v) is 3.13. The molecule has 1 heterocycles. The van der Waals surface area contributed by atoms with Crippen LogP contribution in [0, 0.1) is 22.7 Å². The third-order valence-corrected chi connectivity index (χ3v) is 4.45. The van der Waals surface area contributed by atoms with Gasteiger partial charge in [-0.25, -0.2) is 8.42 Å². The van der Waals surface area contributed by atoms with E-state index in [4.69, 9.17) is 15.3 Å². The van der Waals surface area contributed by atoms with Crippen LogP contribution in [0.3, 0.4) is 0 Å². The van der Waals surface area contributed by atoms with Gasteiger partial charge in [0.2, 0.25) is 16.0 Å². The first kappa shape index (κ1) is 21.7. The number of H-pyrrole nitrogens is 1. The van der Waals surface area contributed by atoms with Gasteiger partial charge in [-0.2, -0.15) is 15.5 Å². The van der Waals surface area contributed by atoms with Crippen LogP contribution in [0.2, 0.25) is 0 Å². The van der Waals surface area contributed by atoms with Crippen molar-refractivity contribution in [2.24, 2.45) is 10.2 Å². The van der Waals surface area contributed by atoms with E-state index in [2.05, 4.69) is 24.9 Å². The van der Waals surface area contributed by atoms with Gasteiger partial charge in [0.15, 0.2) is 11.4 Å². The van der Waals surface area contributed by atoms with Crippen LogP contribution >= 0.6 is 0 Å². The molecule has 0 aliphatic carbocycles. The van der Waals surface area contributed by atoms with Crippen molar-refractivity contribution in [3.8, 4) is 17.9 Å². The number of nitrogens with one attached hydrogen (secondary N) is 2. The Morgan fingerprint density at radius 3 is 2.41 bits per heavy atom. The van der Waals surface area contributed by atoms with E-state index in [-0.39, 0.29) is 28.7 Å². The molecule has 0 saturated heterocycles. The zero-order valence-electron chi connectivity index (χ0n) is 16.4. The van der Waals surface area contributed by atoms with Crippen molar-refractivity contribution in [2.75, 3.05) is 36.1 Å². The maximum atomic E-state index is 11.8. The molecule has 0 atom stereocenters. The summed E-state index contributed by atoms with van der Waals surface area (Å²) in [6.07, 6.45) is 1.03. The van der Waals surface area contributed by atoms with Crippen molar-refractivity contribution in [1.29, 1.82) is 10.5 Å². The molecule has 2 N–H and O–H groups in total. The topological polar surface area (TPSA) is 160 Å². The Balaban J connectivity index is 2.58. The van der Waals surface area contributed by atoms with E-state index < -0.39 is 10.0 Å². The number of sulfonamides is 1. The highest BCUT2D eigenvalue weighted by atomic mass is 32.2. The smallest absolute Gasteiger partial charge is 0.249 e. The Labute approximate surface area is 168 Å². The maximum absolute atomic E-state index is 11.8. The van der Waals surface area contributed by atoms with Crippen molar-refractivity contribution < 1.29 is 13.2 Å². The highest BCUT2D eigenvalue weighted by Crippen LogP contribution is 2.39. The highest BCUT2D eigenvalue weighted by molar-refractivity contribution is 7.92. The fraction of sp³-hybridized carbons (Fsp3) is 0.353. The van der Waals surface area contributed by atoms with Gasteiger partial charge < -0.3 is 14.6 Å². The van der Waals surface area contributed by atoms with Gasteiger partial charge in [0.1, 0.15) is 23.6 Å². The quantitative estimate of drug-likeness (QED) is 0.626. The third kappa shape index (κ3) is 5.21. The standard InChI is InChI=1S/C17H20N8O3S/c1-5-25(6-2)15-7-12(24-29(4,26)27)11(8-16(15)28-3)22-23-17-20-13(9-18)14(10-19)21-17/h7-8,24H,5-6H2,1-4H3,(H,20,21)/b23-22+. The summed E-state index contributed by atoms with van der Waals surface area (Å²) in [5.41, 5.74) is 0.929. The molecule has 1 aromatic heterocycles. The van der Waals surface area contributed by atoms with Crippen LogP contribution < -0.4 is 14.4 Å². The highest BCUT2D eigenvalue weighted by Gasteiger charge is 2.17. The van der Waals surface area contributed by atoms with Crippen LogP contribution in [0.5, 0.6) is 5.75 Å². The number of nitrogens with zero attached hydrogens (tertiary/aromatic N) is 6. The summed E-state index contributed by atoms with van der Waals surface area (Å²) in [6.45, 7) is 5.31. The zero-order chi connectivity index (χ0) is 21.6. The van der Waals surface area contributed by atoms with Crippen molar-refractivity contribution >= 4 is 33.0 Å². The molecule has 0 spiro atoms. The van der Waals surface area contributed by atoms with Gasteiger partial charge in [-0.05, 0) is 19.9 Å². The zero-order valence-corrected chi connectivity index (χ0v) is 17.2. The summed E-state index contributed by atoms with van der Waals surface area (Å²) < 4.78 is 31.5. The van der Waals surface area contributed by atoms with Gasteiger partial charge in [-0.3, -0.25) is 4.72 Å². The molecule has 0 saturated carbocycles. The second-order valence-corrected chi connectivity index (χ2v) is 7.54. The molecule has 0 fully saturated rings. The number of benzene rings is 1. The van der Waals surface area contributed by atoms with Gasteiger partial charge in [-0.15, -0.1) is 10.2 Å². The van der Waals surface area contributed by atoms with Crippen molar-refractivity contribution in [3.05, 3.63) is 23.5 Å². The van der Waals surface area contributed by atoms with Crippen LogP contribution in [0.1, 0.15) is 25.2 Å². The number of anilines is 2. The molecule has 0 aliphatic heterocycles. The average Bonchev–Trinajstić information content (AvgIpc) is 3.09. The van der Waals surface area contributed by atoms with E-state index in [0.717, 1.165) is 6.26 Å².